The monoisotopic (exact) mass is 503 g/mol. The second-order valence-corrected chi connectivity index (χ2v) is 11.2. The molecule has 3 rings (SSSR count). The van der Waals surface area contributed by atoms with Crippen molar-refractivity contribution in [2.24, 2.45) is 0 Å². The number of aryl methyl sites for hydroxylation is 2. The number of hydrogen-bond acceptors (Lipinski definition) is 6. The van der Waals surface area contributed by atoms with E-state index in [1.165, 1.54) is 4.31 Å². The number of sulfonamides is 1. The van der Waals surface area contributed by atoms with Crippen molar-refractivity contribution in [1.29, 1.82) is 0 Å². The number of nitrogens with one attached hydrogen (secondary N) is 2. The Morgan fingerprint density at radius 1 is 1.14 bits per heavy atom. The Bertz CT molecular complexity index is 1080. The zero-order valence-electron chi connectivity index (χ0n) is 21.2. The van der Waals surface area contributed by atoms with Crippen molar-refractivity contribution in [1.82, 2.24) is 19.5 Å². The van der Waals surface area contributed by atoms with Crippen molar-refractivity contribution in [3.8, 4) is 5.75 Å². The topological polar surface area (TPSA) is 104 Å². The van der Waals surface area contributed by atoms with Crippen LogP contribution in [0.4, 0.5) is 10.5 Å². The highest BCUT2D eigenvalue weighted by Crippen LogP contribution is 2.24. The summed E-state index contributed by atoms with van der Waals surface area (Å²) in [5, 5.41) is 5.72. The van der Waals surface area contributed by atoms with Gasteiger partial charge in [-0.1, -0.05) is 0 Å². The van der Waals surface area contributed by atoms with Crippen molar-refractivity contribution < 1.29 is 17.9 Å². The zero-order valence-corrected chi connectivity index (χ0v) is 22.1. The molecule has 10 heteroatoms. The third kappa shape index (κ3) is 7.65. The van der Waals surface area contributed by atoms with Gasteiger partial charge >= 0.3 is 6.03 Å². The first-order chi connectivity index (χ1) is 16.5. The highest BCUT2D eigenvalue weighted by atomic mass is 32.2. The van der Waals surface area contributed by atoms with E-state index in [2.05, 4.69) is 20.5 Å². The first kappa shape index (κ1) is 26.9. The average Bonchev–Trinajstić information content (AvgIpc) is 2.78. The summed E-state index contributed by atoms with van der Waals surface area (Å²) < 4.78 is 33.3. The van der Waals surface area contributed by atoms with Crippen LogP contribution in [-0.4, -0.2) is 74.0 Å². The van der Waals surface area contributed by atoms with E-state index in [0.29, 0.717) is 18.8 Å². The van der Waals surface area contributed by atoms with Crippen molar-refractivity contribution in [3.63, 3.8) is 0 Å². The Balaban J connectivity index is 1.43. The Hall–Kier alpha value is -2.69. The number of hydrogen-bond donors (Lipinski definition) is 2. The lowest BCUT2D eigenvalue weighted by Gasteiger charge is -2.36. The van der Waals surface area contributed by atoms with Gasteiger partial charge in [0.1, 0.15) is 5.75 Å². The molecule has 0 unspecified atom stereocenters. The van der Waals surface area contributed by atoms with Crippen LogP contribution < -0.4 is 15.4 Å². The number of amides is 2. The van der Waals surface area contributed by atoms with Gasteiger partial charge in [-0.25, -0.2) is 13.2 Å². The fourth-order valence-electron chi connectivity index (χ4n) is 4.24. The molecule has 192 valence electrons. The maximum atomic E-state index is 13.1. The van der Waals surface area contributed by atoms with Crippen LogP contribution >= 0.6 is 0 Å². The standard InChI is InChI=1S/C25H37N5O4S/c1-18(2)34-23-6-8-24(9-7-23)35(32,33)29(5)22-10-13-30(14-11-22)15-12-26-25(31)28-21-16-19(3)27-20(4)17-21/h6-9,16-18,22H,10-15H2,1-5H3,(H2,26,27,28,31). The molecule has 0 atom stereocenters. The van der Waals surface area contributed by atoms with Gasteiger partial charge in [0.05, 0.1) is 11.0 Å². The summed E-state index contributed by atoms with van der Waals surface area (Å²) in [6, 6.07) is 9.95. The number of carbonyl (C=O) groups excluding carboxylic acids is 1. The highest BCUT2D eigenvalue weighted by molar-refractivity contribution is 7.89. The molecule has 0 aliphatic carbocycles. The Morgan fingerprint density at radius 3 is 2.31 bits per heavy atom. The summed E-state index contributed by atoms with van der Waals surface area (Å²) in [7, 11) is -1.92. The number of rotatable bonds is 9. The number of anilines is 1. The molecule has 35 heavy (non-hydrogen) atoms. The van der Waals surface area contributed by atoms with Gasteiger partial charge in [0.2, 0.25) is 10.0 Å². The van der Waals surface area contributed by atoms with Crippen LogP contribution in [0.5, 0.6) is 5.75 Å². The van der Waals surface area contributed by atoms with Gasteiger partial charge in [-0.2, -0.15) is 4.31 Å². The molecule has 2 amide bonds. The number of ether oxygens (including phenoxy) is 1. The number of urea groups is 1. The van der Waals surface area contributed by atoms with Crippen LogP contribution in [0, 0.1) is 13.8 Å². The van der Waals surface area contributed by atoms with Crippen LogP contribution in [-0.2, 0) is 10.0 Å². The fourth-order valence-corrected chi connectivity index (χ4v) is 5.66. The molecule has 2 heterocycles. The Kier molecular flexibility index (Phi) is 9.09. The molecular weight excluding hydrogens is 466 g/mol. The molecule has 1 fully saturated rings. The maximum Gasteiger partial charge on any atom is 0.319 e. The van der Waals surface area contributed by atoms with Crippen molar-refractivity contribution >= 4 is 21.7 Å². The molecule has 1 saturated heterocycles. The zero-order chi connectivity index (χ0) is 25.6. The van der Waals surface area contributed by atoms with E-state index in [9.17, 15) is 13.2 Å². The van der Waals surface area contributed by atoms with Crippen molar-refractivity contribution in [3.05, 3.63) is 47.8 Å². The molecule has 0 saturated carbocycles. The first-order valence-corrected chi connectivity index (χ1v) is 13.5. The van der Waals surface area contributed by atoms with E-state index in [1.54, 1.807) is 31.3 Å². The highest BCUT2D eigenvalue weighted by Gasteiger charge is 2.30. The number of likely N-dealkylation sites (tertiary alicyclic amines) is 1. The molecule has 1 aromatic heterocycles. The summed E-state index contributed by atoms with van der Waals surface area (Å²) in [6.45, 7) is 10.4. The van der Waals surface area contributed by atoms with E-state index in [0.717, 1.165) is 43.0 Å². The normalized spacial score (nSPS) is 15.4. The number of pyridine rings is 1. The molecule has 0 radical (unpaired) electrons. The Labute approximate surface area is 208 Å². The summed E-state index contributed by atoms with van der Waals surface area (Å²) in [6.07, 6.45) is 1.52. The summed E-state index contributed by atoms with van der Waals surface area (Å²) in [4.78, 5) is 19.0. The second-order valence-electron chi connectivity index (χ2n) is 9.25. The largest absolute Gasteiger partial charge is 0.491 e. The molecular formula is C25H37N5O4S. The van der Waals surface area contributed by atoms with Crippen LogP contribution in [0.25, 0.3) is 0 Å². The van der Waals surface area contributed by atoms with Crippen LogP contribution in [0.3, 0.4) is 0 Å². The SMILES string of the molecule is Cc1cc(NC(=O)NCCN2CCC(N(C)S(=O)(=O)c3ccc(OC(C)C)cc3)CC2)cc(C)n1. The third-order valence-corrected chi connectivity index (χ3v) is 7.92. The van der Waals surface area contributed by atoms with Gasteiger partial charge < -0.3 is 20.3 Å². The molecule has 1 aliphatic heterocycles. The molecule has 1 aliphatic rings. The summed E-state index contributed by atoms with van der Waals surface area (Å²) in [5.41, 5.74) is 2.43. The van der Waals surface area contributed by atoms with Gasteiger partial charge in [-0.15, -0.1) is 0 Å². The molecule has 2 N–H and O–H groups in total. The second kappa shape index (κ2) is 11.8. The lowest BCUT2D eigenvalue weighted by Crippen LogP contribution is -2.47. The van der Waals surface area contributed by atoms with Gasteiger partial charge in [-0.3, -0.25) is 4.98 Å². The number of nitrogens with zero attached hydrogens (tertiary/aromatic N) is 3. The Morgan fingerprint density at radius 2 is 1.74 bits per heavy atom. The minimum Gasteiger partial charge on any atom is -0.491 e. The van der Waals surface area contributed by atoms with E-state index >= 15 is 0 Å². The predicted molar refractivity (Wildman–Crippen MR) is 137 cm³/mol. The number of aromatic nitrogens is 1. The van der Waals surface area contributed by atoms with Gasteiger partial charge in [0, 0.05) is 43.3 Å². The smallest absolute Gasteiger partial charge is 0.319 e. The van der Waals surface area contributed by atoms with E-state index in [1.807, 2.05) is 39.8 Å². The average molecular weight is 504 g/mol. The van der Waals surface area contributed by atoms with Crippen LogP contribution in [0.15, 0.2) is 41.3 Å². The lowest BCUT2D eigenvalue weighted by molar-refractivity contribution is 0.170. The van der Waals surface area contributed by atoms with Crippen LogP contribution in [0.2, 0.25) is 0 Å². The van der Waals surface area contributed by atoms with E-state index < -0.39 is 10.0 Å². The van der Waals surface area contributed by atoms with E-state index in [-0.39, 0.29) is 23.1 Å². The van der Waals surface area contributed by atoms with Gasteiger partial charge in [0.25, 0.3) is 0 Å². The summed E-state index contributed by atoms with van der Waals surface area (Å²) >= 11 is 0. The van der Waals surface area contributed by atoms with E-state index in [4.69, 9.17) is 4.74 Å². The minimum atomic E-state index is -3.58. The predicted octanol–water partition coefficient (Wildman–Crippen LogP) is 3.39. The fraction of sp³-hybridized carbons (Fsp3) is 0.520. The number of benzene rings is 1. The van der Waals surface area contributed by atoms with Crippen molar-refractivity contribution in [2.75, 3.05) is 38.5 Å². The molecule has 0 spiro atoms. The maximum absolute atomic E-state index is 13.1. The molecule has 2 aromatic rings. The third-order valence-electron chi connectivity index (χ3n) is 6.00. The number of carbonyl (C=O) groups is 1. The molecule has 1 aromatic carbocycles. The van der Waals surface area contributed by atoms with Crippen LogP contribution in [0.1, 0.15) is 38.1 Å². The van der Waals surface area contributed by atoms with Gasteiger partial charge in [0.15, 0.2) is 0 Å². The number of piperidine rings is 1. The van der Waals surface area contributed by atoms with Crippen molar-refractivity contribution in [2.45, 2.75) is 57.6 Å². The first-order valence-electron chi connectivity index (χ1n) is 12.0. The minimum absolute atomic E-state index is 0.0323. The summed E-state index contributed by atoms with van der Waals surface area (Å²) in [5.74, 6) is 0.656. The van der Waals surface area contributed by atoms with Gasteiger partial charge in [-0.05, 0) is 90.0 Å². The lowest BCUT2D eigenvalue weighted by atomic mass is 10.1. The molecule has 0 bridgehead atoms. The molecule has 9 nitrogen and oxygen atoms in total. The quantitative estimate of drug-likeness (QED) is 0.544.